The van der Waals surface area contributed by atoms with E-state index in [0.717, 1.165) is 23.5 Å². The molecule has 0 aromatic rings. The quantitative estimate of drug-likeness (QED) is 0.0724. The van der Waals surface area contributed by atoms with Crippen molar-refractivity contribution in [2.24, 2.45) is 11.5 Å². The van der Waals surface area contributed by atoms with Gasteiger partial charge >= 0.3 is 11.9 Å². The van der Waals surface area contributed by atoms with Crippen molar-refractivity contribution in [1.82, 2.24) is 0 Å². The number of thioether (sulfide) groups is 2. The lowest BCUT2D eigenvalue weighted by molar-refractivity contribution is -0.395. The molecule has 0 radical (unpaired) electrons. The lowest BCUT2D eigenvalue weighted by atomic mass is 9.95. The van der Waals surface area contributed by atoms with Gasteiger partial charge in [-0.05, 0) is 0 Å². The topological polar surface area (TPSA) is 640 Å². The van der Waals surface area contributed by atoms with E-state index in [-0.39, 0.29) is 11.5 Å². The SMILES string of the molecule is N[C@H](CSCC1O[C@H]2O[C@@H]3C(CO)O[C@H](O[C@@H]4C(CO)O[C@H](O[C@@H]5C(CO)O[C@H](O[C@@H]6C(CSC[C@@H](N)C(=O)O)O[C@H](O[C@@H]7C(CO)O[C@@H](O[C@@H]8C(CO)O[C@@H](O[C@H]1C(O)[C@@H]2O)[C@@H](O)C8O)[C@@H](O)C7O)C(O)[C@H]6O)C(O)[C@H]5O)[C@@H](O)C4O)[C@@H](O)C3O)C(=O)O. The van der Waals surface area contributed by atoms with E-state index < -0.39 is 284 Å². The van der Waals surface area contributed by atoms with Crippen molar-refractivity contribution < 1.29 is 183 Å². The van der Waals surface area contributed by atoms with Crippen LogP contribution in [0.1, 0.15) is 0 Å². The average molecular weight is 1340 g/mol. The van der Waals surface area contributed by atoms with Gasteiger partial charge in [0.25, 0.3) is 0 Å². The van der Waals surface area contributed by atoms with E-state index in [2.05, 4.69) is 0 Å². The molecule has 21 aliphatic rings. The third kappa shape index (κ3) is 15.9. The standard InChI is InChI=1S/C48H80N2O37S2/c49-10(40(70)71)6-88-8-17-38-25(62)32(69)48(80-17)85-37-16(5-55)76-44(28(65)21(37)58)83-35-14(3-53)78-46(30(67)23(35)60)87-39-18(9-89-7-11(50)41(72)73)79-47(31(68)24(39)61)84-36-15(4-54)75-43(27(64)20(36)57)81-33-12(1-51)74-42(26(63)19(33)56)82-34-13(2-52)77-45(86-38)29(66)22(34)59/h10-39,42-48,51-69H,1-9,49-50H2,(H,70,71)(H,72,73)/t10-,11-,12?,13?,14?,15?,16?,17?,18?,19?,20?,21?,22-,23?,24?,25-,26+,27+,28+,29?,30+,31+,32?,33-,34-,35-,36-,37-,38-,39-,42-,43-,44+,45-,46+,47+,48-/m1/s1. The van der Waals surface area contributed by atoms with Crippen LogP contribution < -0.4 is 11.5 Å². The molecule has 516 valence electrons. The highest BCUT2D eigenvalue weighted by atomic mass is 32.2. The van der Waals surface area contributed by atoms with E-state index in [1.807, 2.05) is 0 Å². The molecule has 0 amide bonds. The molecule has 14 unspecified atom stereocenters. The van der Waals surface area contributed by atoms with Gasteiger partial charge in [-0.3, -0.25) is 9.59 Å². The third-order valence-electron chi connectivity index (χ3n) is 16.2. The number of hydrogen-bond acceptors (Lipinski definition) is 39. The van der Waals surface area contributed by atoms with Crippen LogP contribution in [0.25, 0.3) is 0 Å². The monoisotopic (exact) mass is 1340 g/mol. The molecule has 41 heteroatoms. The molecule has 39 nitrogen and oxygen atoms in total. The minimum absolute atomic E-state index is 0.319. The zero-order chi connectivity index (χ0) is 65.2. The number of aliphatic hydroxyl groups excluding tert-OH is 19. The number of carboxylic acid groups (broad SMARTS) is 2. The van der Waals surface area contributed by atoms with Gasteiger partial charge in [-0.1, -0.05) is 0 Å². The van der Waals surface area contributed by atoms with Crippen molar-refractivity contribution in [3.63, 3.8) is 0 Å². The second-order valence-electron chi connectivity index (χ2n) is 22.3. The Morgan fingerprint density at radius 1 is 0.281 bits per heavy atom. The summed E-state index contributed by atoms with van der Waals surface area (Å²) in [4.78, 5) is 23.2. The van der Waals surface area contributed by atoms with Gasteiger partial charge in [0.2, 0.25) is 0 Å². The molecular weight excluding hydrogens is 1260 g/mol. The largest absolute Gasteiger partial charge is 0.480 e. The molecule has 21 fully saturated rings. The van der Waals surface area contributed by atoms with Crippen LogP contribution in [-0.4, -0.2) is 402 Å². The second kappa shape index (κ2) is 31.9. The number of carboxylic acids is 2. The first-order valence-electron chi connectivity index (χ1n) is 28.1. The van der Waals surface area contributed by atoms with Crippen LogP contribution in [0, 0.1) is 0 Å². The summed E-state index contributed by atoms with van der Waals surface area (Å²) in [5, 5.41) is 233. The van der Waals surface area contributed by atoms with E-state index in [1.165, 1.54) is 0 Å². The fraction of sp³-hybridized carbons (Fsp3) is 0.958. The minimum atomic E-state index is -2.27. The van der Waals surface area contributed by atoms with Crippen LogP contribution in [0.5, 0.6) is 0 Å². The number of nitrogens with two attached hydrogens (primary N) is 2. The number of ether oxygens (including phenoxy) is 14. The van der Waals surface area contributed by atoms with Gasteiger partial charge < -0.3 is 185 Å². The Bertz CT molecular complexity index is 2200. The predicted octanol–water partition coefficient (Wildman–Crippen LogP) is -14.9. The first kappa shape index (κ1) is 73.1. The van der Waals surface area contributed by atoms with Crippen molar-refractivity contribution >= 4 is 35.5 Å². The van der Waals surface area contributed by atoms with Crippen molar-refractivity contribution in [1.29, 1.82) is 0 Å². The molecule has 0 spiro atoms. The summed E-state index contributed by atoms with van der Waals surface area (Å²) in [7, 11) is 0. The van der Waals surface area contributed by atoms with Gasteiger partial charge in [-0.2, -0.15) is 23.5 Å². The van der Waals surface area contributed by atoms with E-state index in [4.69, 9.17) is 77.8 Å². The summed E-state index contributed by atoms with van der Waals surface area (Å²) >= 11 is 1.60. The first-order valence-corrected chi connectivity index (χ1v) is 30.4. The van der Waals surface area contributed by atoms with Crippen molar-refractivity contribution in [2.75, 3.05) is 56.0 Å². The van der Waals surface area contributed by atoms with Crippen molar-refractivity contribution in [3.05, 3.63) is 0 Å². The molecule has 21 heterocycles. The molecule has 37 atom stereocenters. The molecule has 14 bridgehead atoms. The van der Waals surface area contributed by atoms with E-state index in [9.17, 15) is 117 Å². The summed E-state index contributed by atoms with van der Waals surface area (Å²) in [6.07, 6.45) is -71.4. The Balaban J connectivity index is 1.11. The Morgan fingerprint density at radius 3 is 0.596 bits per heavy atom. The first-order chi connectivity index (χ1) is 42.2. The van der Waals surface area contributed by atoms with Crippen LogP contribution in [-0.2, 0) is 75.9 Å². The number of hydrogen-bond donors (Lipinski definition) is 23. The summed E-state index contributed by atoms with van der Waals surface area (Å²) in [6.45, 7) is -5.43. The van der Waals surface area contributed by atoms with E-state index in [1.54, 1.807) is 0 Å². The Hall–Kier alpha value is -1.76. The summed E-state index contributed by atoms with van der Waals surface area (Å²) < 4.78 is 81.6. The smallest absolute Gasteiger partial charge is 0.321 e. The fourth-order valence-corrected chi connectivity index (χ4v) is 13.2. The maximum absolute atomic E-state index is 11.7. The summed E-state index contributed by atoms with van der Waals surface area (Å²) in [5.41, 5.74) is 11.4. The van der Waals surface area contributed by atoms with E-state index in [0.29, 0.717) is 0 Å². The summed E-state index contributed by atoms with van der Waals surface area (Å²) in [5.74, 6) is -4.26. The maximum Gasteiger partial charge on any atom is 0.321 e. The van der Waals surface area contributed by atoms with Crippen molar-refractivity contribution in [3.8, 4) is 0 Å². The summed E-state index contributed by atoms with van der Waals surface area (Å²) in [6, 6.07) is -2.94. The fourth-order valence-electron chi connectivity index (χ4n) is 11.2. The highest BCUT2D eigenvalue weighted by Crippen LogP contribution is 2.40. The molecule has 0 saturated carbocycles. The minimum Gasteiger partial charge on any atom is -0.480 e. The molecule has 0 aliphatic carbocycles. The second-order valence-corrected chi connectivity index (χ2v) is 24.4. The van der Waals surface area contributed by atoms with Crippen molar-refractivity contribution in [2.45, 2.75) is 227 Å². The maximum atomic E-state index is 11.7. The third-order valence-corrected chi connectivity index (χ3v) is 18.5. The van der Waals surface area contributed by atoms with Crippen LogP contribution in [0.3, 0.4) is 0 Å². The normalized spacial score (nSPS) is 50.1. The molecule has 21 aliphatic heterocycles. The number of rotatable bonds is 15. The molecule has 25 N–H and O–H groups in total. The molecular formula is C48H80N2O37S2. The molecule has 0 aromatic carbocycles. The number of aliphatic carboxylic acids is 2. The number of carbonyl (C=O) groups is 2. The lowest BCUT2D eigenvalue weighted by Crippen LogP contribution is -2.68. The average Bonchev–Trinajstić information content (AvgIpc) is 0.884. The molecule has 21 saturated heterocycles. The zero-order valence-electron chi connectivity index (χ0n) is 46.6. The van der Waals surface area contributed by atoms with Crippen LogP contribution >= 0.6 is 23.5 Å². The van der Waals surface area contributed by atoms with Crippen LogP contribution in [0.15, 0.2) is 0 Å². The predicted molar refractivity (Wildman–Crippen MR) is 280 cm³/mol. The molecule has 21 rings (SSSR count). The Morgan fingerprint density at radius 2 is 0.438 bits per heavy atom. The molecule has 0 aromatic heterocycles. The highest BCUT2D eigenvalue weighted by Gasteiger charge is 2.60. The molecule has 89 heavy (non-hydrogen) atoms. The van der Waals surface area contributed by atoms with Crippen LogP contribution in [0.4, 0.5) is 0 Å². The van der Waals surface area contributed by atoms with Gasteiger partial charge in [-0.25, -0.2) is 0 Å². The number of aliphatic hydroxyl groups is 19. The van der Waals surface area contributed by atoms with Gasteiger partial charge in [0.15, 0.2) is 44.0 Å². The highest BCUT2D eigenvalue weighted by molar-refractivity contribution is 7.99. The van der Waals surface area contributed by atoms with Gasteiger partial charge in [0, 0.05) is 23.0 Å². The zero-order valence-corrected chi connectivity index (χ0v) is 48.3. The Kier molecular flexibility index (Phi) is 26.2. The van der Waals surface area contributed by atoms with E-state index >= 15 is 0 Å². The van der Waals surface area contributed by atoms with Gasteiger partial charge in [-0.15, -0.1) is 0 Å². The lowest BCUT2D eigenvalue weighted by Gasteiger charge is -2.50. The Labute approximate surface area is 511 Å². The van der Waals surface area contributed by atoms with Gasteiger partial charge in [0.1, 0.15) is 171 Å². The van der Waals surface area contributed by atoms with Crippen LogP contribution in [0.2, 0.25) is 0 Å². The van der Waals surface area contributed by atoms with Gasteiger partial charge in [0.05, 0.1) is 45.2 Å².